The molecule has 1 saturated heterocycles. The van der Waals surface area contributed by atoms with Crippen molar-refractivity contribution >= 4 is 18.3 Å². The highest BCUT2D eigenvalue weighted by Crippen LogP contribution is 2.45. The molecule has 1 aliphatic carbocycles. The largest absolute Gasteiger partial charge is 0.481 e. The molecule has 0 radical (unpaired) electrons. The Hall–Kier alpha value is -2.19. The molecule has 2 rings (SSSR count). The first-order chi connectivity index (χ1) is 13.8. The van der Waals surface area contributed by atoms with Gasteiger partial charge in [-0.25, -0.2) is 0 Å². The van der Waals surface area contributed by atoms with Crippen molar-refractivity contribution in [1.82, 2.24) is 10.2 Å². The summed E-state index contributed by atoms with van der Waals surface area (Å²) >= 11 is 0. The van der Waals surface area contributed by atoms with Crippen LogP contribution in [-0.2, 0) is 14.4 Å². The molecule has 0 aromatic carbocycles. The summed E-state index contributed by atoms with van der Waals surface area (Å²) in [6.45, 7) is 3.07. The molecule has 2 fully saturated rings. The number of rotatable bonds is 9. The minimum atomic E-state index is -1.70. The highest BCUT2D eigenvalue weighted by Gasteiger charge is 2.68. The lowest BCUT2D eigenvalue weighted by molar-refractivity contribution is -0.156. The SMILES string of the molecule is C#CCC(NC=O)C(=O)N1C2C(O)C(O)C(O)C(C(=O)O)C21.CCCCCCN. The van der Waals surface area contributed by atoms with Crippen LogP contribution in [0, 0.1) is 18.3 Å². The number of unbranched alkanes of at least 4 members (excludes halogenated alkanes) is 3. The van der Waals surface area contributed by atoms with Gasteiger partial charge in [-0.1, -0.05) is 26.2 Å². The van der Waals surface area contributed by atoms with E-state index in [1.165, 1.54) is 25.7 Å². The Balaban J connectivity index is 0.000000516. The number of carboxylic acid groups (broad SMARTS) is 1. The van der Waals surface area contributed by atoms with Crippen LogP contribution in [0.25, 0.3) is 0 Å². The van der Waals surface area contributed by atoms with Crippen LogP contribution in [0.3, 0.4) is 0 Å². The predicted octanol–water partition coefficient (Wildman–Crippen LogP) is -1.97. The van der Waals surface area contributed by atoms with Gasteiger partial charge >= 0.3 is 5.97 Å². The van der Waals surface area contributed by atoms with Gasteiger partial charge in [-0.05, 0) is 13.0 Å². The zero-order valence-corrected chi connectivity index (χ0v) is 16.5. The molecule has 164 valence electrons. The lowest BCUT2D eigenvalue weighted by atomic mass is 9.83. The third-order valence-electron chi connectivity index (χ3n) is 5.17. The summed E-state index contributed by atoms with van der Waals surface area (Å²) in [5.74, 6) is -1.26. The van der Waals surface area contributed by atoms with Crippen LogP contribution in [0.1, 0.15) is 39.0 Å². The zero-order chi connectivity index (χ0) is 22.1. The highest BCUT2D eigenvalue weighted by molar-refractivity contribution is 5.88. The molecular formula is C19H31N3O7. The standard InChI is InChI=1S/C13H16N2O7.C6H15N/c1-2-3-5(14-4-16)12(20)15-7-6(13(21)22)9(17)11(19)10(18)8(7)15;1-2-3-4-5-6-7/h1,4-11,17-19H,3H2,(H,14,16)(H,21,22);2-7H2,1H3. The van der Waals surface area contributed by atoms with Gasteiger partial charge in [0.15, 0.2) is 0 Å². The fourth-order valence-corrected chi connectivity index (χ4v) is 3.59. The van der Waals surface area contributed by atoms with Gasteiger partial charge in [-0.2, -0.15) is 0 Å². The molecule has 7 atom stereocenters. The molecule has 0 aromatic rings. The summed E-state index contributed by atoms with van der Waals surface area (Å²) in [5.41, 5.74) is 5.27. The number of fused-ring (bicyclic) bond motifs is 1. The molecule has 1 heterocycles. The van der Waals surface area contributed by atoms with E-state index in [4.69, 9.17) is 17.3 Å². The van der Waals surface area contributed by atoms with Crippen LogP contribution < -0.4 is 11.1 Å². The highest BCUT2D eigenvalue weighted by atomic mass is 16.4. The summed E-state index contributed by atoms with van der Waals surface area (Å²) in [6, 6.07) is -2.93. The predicted molar refractivity (Wildman–Crippen MR) is 103 cm³/mol. The van der Waals surface area contributed by atoms with Gasteiger partial charge in [-0.3, -0.25) is 14.4 Å². The van der Waals surface area contributed by atoms with Gasteiger partial charge in [0.25, 0.3) is 0 Å². The van der Waals surface area contributed by atoms with Crippen molar-refractivity contribution in [3.05, 3.63) is 0 Å². The van der Waals surface area contributed by atoms with E-state index in [0.29, 0.717) is 6.41 Å². The number of aliphatic hydroxyl groups excluding tert-OH is 3. The maximum atomic E-state index is 12.3. The number of likely N-dealkylation sites (tertiary alicyclic amines) is 1. The molecule has 7 N–H and O–H groups in total. The monoisotopic (exact) mass is 413 g/mol. The molecule has 10 nitrogen and oxygen atoms in total. The minimum absolute atomic E-state index is 0.105. The van der Waals surface area contributed by atoms with Crippen LogP contribution >= 0.6 is 0 Å². The van der Waals surface area contributed by atoms with E-state index < -0.39 is 54.2 Å². The Morgan fingerprint density at radius 1 is 1.17 bits per heavy atom. The Morgan fingerprint density at radius 2 is 1.83 bits per heavy atom. The van der Waals surface area contributed by atoms with E-state index >= 15 is 0 Å². The van der Waals surface area contributed by atoms with E-state index in [1.807, 2.05) is 0 Å². The lowest BCUT2D eigenvalue weighted by Gasteiger charge is -2.30. The molecule has 0 spiro atoms. The first kappa shape index (κ1) is 24.8. The van der Waals surface area contributed by atoms with Gasteiger partial charge < -0.3 is 36.4 Å². The Kier molecular flexibility index (Phi) is 10.0. The summed E-state index contributed by atoms with van der Waals surface area (Å²) in [4.78, 5) is 35.1. The third kappa shape index (κ3) is 5.90. The number of terminal acetylenes is 1. The molecule has 29 heavy (non-hydrogen) atoms. The number of carbonyl (C=O) groups excluding carboxylic acids is 2. The zero-order valence-electron chi connectivity index (χ0n) is 16.5. The second-order valence-electron chi connectivity index (χ2n) is 7.16. The quantitative estimate of drug-likeness (QED) is 0.109. The average molecular weight is 413 g/mol. The van der Waals surface area contributed by atoms with Crippen molar-refractivity contribution in [2.75, 3.05) is 6.54 Å². The van der Waals surface area contributed by atoms with Crippen LogP contribution in [0.15, 0.2) is 0 Å². The fraction of sp³-hybridized carbons (Fsp3) is 0.737. The van der Waals surface area contributed by atoms with Gasteiger partial charge in [0.05, 0.1) is 18.2 Å². The minimum Gasteiger partial charge on any atom is -0.481 e. The fourth-order valence-electron chi connectivity index (χ4n) is 3.59. The van der Waals surface area contributed by atoms with E-state index in [-0.39, 0.29) is 6.42 Å². The van der Waals surface area contributed by atoms with Gasteiger partial charge in [0, 0.05) is 6.42 Å². The summed E-state index contributed by atoms with van der Waals surface area (Å²) in [7, 11) is 0. The van der Waals surface area contributed by atoms with Crippen molar-refractivity contribution in [2.24, 2.45) is 11.7 Å². The number of nitrogens with two attached hydrogens (primary N) is 1. The first-order valence-corrected chi connectivity index (χ1v) is 9.70. The molecule has 0 aromatic heterocycles. The number of hydrogen-bond acceptors (Lipinski definition) is 7. The summed E-state index contributed by atoms with van der Waals surface area (Å²) in [5, 5.41) is 40.8. The lowest BCUT2D eigenvalue weighted by Crippen LogP contribution is -2.53. The van der Waals surface area contributed by atoms with E-state index in [1.54, 1.807) is 0 Å². The Labute approximate surface area is 170 Å². The van der Waals surface area contributed by atoms with Crippen LogP contribution in [0.2, 0.25) is 0 Å². The number of aliphatic hydroxyl groups is 3. The van der Waals surface area contributed by atoms with Crippen molar-refractivity contribution in [2.45, 2.75) is 75.5 Å². The Morgan fingerprint density at radius 3 is 2.31 bits per heavy atom. The molecule has 1 aliphatic heterocycles. The third-order valence-corrected chi connectivity index (χ3v) is 5.17. The first-order valence-electron chi connectivity index (χ1n) is 9.70. The topological polar surface area (TPSA) is 173 Å². The Bertz CT molecular complexity index is 605. The summed E-state index contributed by atoms with van der Waals surface area (Å²) < 4.78 is 0. The summed E-state index contributed by atoms with van der Waals surface area (Å²) in [6.07, 6.45) is 5.62. The maximum Gasteiger partial charge on any atom is 0.311 e. The number of carboxylic acids is 1. The van der Waals surface area contributed by atoms with Crippen LogP contribution in [0.5, 0.6) is 0 Å². The second-order valence-corrected chi connectivity index (χ2v) is 7.16. The molecular weight excluding hydrogens is 382 g/mol. The average Bonchev–Trinajstić information content (AvgIpc) is 3.41. The van der Waals surface area contributed by atoms with E-state index in [9.17, 15) is 29.7 Å². The number of carbonyl (C=O) groups is 3. The molecule has 0 bridgehead atoms. The van der Waals surface area contributed by atoms with Crippen LogP contribution in [0.4, 0.5) is 0 Å². The van der Waals surface area contributed by atoms with E-state index in [2.05, 4.69) is 18.2 Å². The maximum absolute atomic E-state index is 12.3. The van der Waals surface area contributed by atoms with Crippen molar-refractivity contribution in [3.8, 4) is 12.3 Å². The van der Waals surface area contributed by atoms with Gasteiger partial charge in [-0.15, -0.1) is 12.3 Å². The smallest absolute Gasteiger partial charge is 0.311 e. The normalized spacial score (nSPS) is 30.7. The van der Waals surface area contributed by atoms with Crippen molar-refractivity contribution < 1.29 is 34.8 Å². The van der Waals surface area contributed by atoms with Crippen LogP contribution in [-0.4, -0.2) is 86.6 Å². The number of hydrogen-bond donors (Lipinski definition) is 6. The second kappa shape index (κ2) is 11.7. The number of nitrogens with one attached hydrogen (secondary N) is 1. The molecule has 10 heteroatoms. The van der Waals surface area contributed by atoms with Crippen molar-refractivity contribution in [3.63, 3.8) is 0 Å². The molecule has 2 aliphatic rings. The van der Waals surface area contributed by atoms with Crippen molar-refractivity contribution in [1.29, 1.82) is 0 Å². The molecule has 7 unspecified atom stereocenters. The van der Waals surface area contributed by atoms with Gasteiger partial charge in [0.2, 0.25) is 12.3 Å². The molecule has 1 saturated carbocycles. The van der Waals surface area contributed by atoms with Gasteiger partial charge in [0.1, 0.15) is 24.2 Å². The van der Waals surface area contributed by atoms with E-state index in [0.717, 1.165) is 11.4 Å². The number of nitrogens with zero attached hydrogens (tertiary/aromatic N) is 1. The number of amides is 2. The molecule has 2 amide bonds. The number of aliphatic carboxylic acids is 1.